The van der Waals surface area contributed by atoms with Gasteiger partial charge in [-0.2, -0.15) is 0 Å². The molecule has 0 bridgehead atoms. The smallest absolute Gasteiger partial charge is 0.359 e. The summed E-state index contributed by atoms with van der Waals surface area (Å²) < 4.78 is 16.0. The van der Waals surface area contributed by atoms with Gasteiger partial charge in [0.25, 0.3) is 0 Å². The molecule has 4 nitrogen and oxygen atoms in total. The summed E-state index contributed by atoms with van der Waals surface area (Å²) in [7, 11) is 3.07. The first kappa shape index (κ1) is 19.3. The standard InChI is InChI=1S/C18H26O4Si/c1-11(2)17(12(3)4)13(5)18(19)22-23-16-10-14(20-6)8-9-15(16)21-7/h8-12H,1-7H3. The molecule has 0 aliphatic rings. The normalized spacial score (nSPS) is 10.7. The Bertz CT molecular complexity index is 566. The second-order valence-corrected chi connectivity index (χ2v) is 6.89. The lowest BCUT2D eigenvalue weighted by Gasteiger charge is -2.19. The Morgan fingerprint density at radius 2 is 1.65 bits per heavy atom. The fraction of sp³-hybridized carbons (Fsp3) is 0.500. The zero-order valence-electron chi connectivity index (χ0n) is 15.0. The van der Waals surface area contributed by atoms with Gasteiger partial charge in [-0.3, -0.25) is 0 Å². The number of methoxy groups -OCH3 is 2. The second-order valence-electron chi connectivity index (χ2n) is 5.95. The van der Waals surface area contributed by atoms with Gasteiger partial charge in [0.1, 0.15) is 11.5 Å². The maximum absolute atomic E-state index is 12.4. The maximum atomic E-state index is 12.4. The SMILES string of the molecule is COc1ccc(OC)c([Si]OC(=O)C(C)=C(C(C)C)C(C)C)c1. The molecule has 0 aliphatic heterocycles. The molecule has 0 spiro atoms. The lowest BCUT2D eigenvalue weighted by Crippen LogP contribution is -2.24. The molecule has 0 fully saturated rings. The van der Waals surface area contributed by atoms with E-state index in [1.807, 2.05) is 25.1 Å². The van der Waals surface area contributed by atoms with Crippen LogP contribution in [0.4, 0.5) is 0 Å². The number of rotatable bonds is 7. The van der Waals surface area contributed by atoms with Gasteiger partial charge in [-0.25, -0.2) is 4.79 Å². The Labute approximate surface area is 141 Å². The fourth-order valence-corrected chi connectivity index (χ4v) is 3.57. The van der Waals surface area contributed by atoms with E-state index in [1.54, 1.807) is 14.2 Å². The topological polar surface area (TPSA) is 44.8 Å². The number of ether oxygens (including phenoxy) is 2. The van der Waals surface area contributed by atoms with E-state index in [0.717, 1.165) is 10.8 Å². The van der Waals surface area contributed by atoms with Crippen LogP contribution in [0.15, 0.2) is 29.3 Å². The average molecular weight is 334 g/mol. The molecule has 0 amide bonds. The predicted molar refractivity (Wildman–Crippen MR) is 93.4 cm³/mol. The zero-order valence-corrected chi connectivity index (χ0v) is 16.0. The molecule has 0 N–H and O–H groups in total. The van der Waals surface area contributed by atoms with E-state index in [-0.39, 0.29) is 15.7 Å². The van der Waals surface area contributed by atoms with Crippen molar-refractivity contribution in [3.8, 4) is 11.5 Å². The molecule has 1 aromatic rings. The van der Waals surface area contributed by atoms with Crippen molar-refractivity contribution in [1.82, 2.24) is 0 Å². The van der Waals surface area contributed by atoms with E-state index < -0.39 is 0 Å². The number of hydrogen-bond acceptors (Lipinski definition) is 4. The highest BCUT2D eigenvalue weighted by Gasteiger charge is 2.19. The Kier molecular flexibility index (Phi) is 7.36. The summed E-state index contributed by atoms with van der Waals surface area (Å²) in [5.74, 6) is 1.76. The fourth-order valence-electron chi connectivity index (χ4n) is 2.72. The molecule has 0 saturated heterocycles. The highest BCUT2D eigenvalue weighted by atomic mass is 28.2. The van der Waals surface area contributed by atoms with Crippen LogP contribution in [0.2, 0.25) is 0 Å². The van der Waals surface area contributed by atoms with Crippen LogP contribution in [-0.2, 0) is 9.22 Å². The number of carbonyl (C=O) groups is 1. The van der Waals surface area contributed by atoms with Crippen molar-refractivity contribution in [2.24, 2.45) is 11.8 Å². The molecule has 1 aromatic carbocycles. The molecule has 126 valence electrons. The maximum Gasteiger partial charge on any atom is 0.359 e. The zero-order chi connectivity index (χ0) is 17.6. The van der Waals surface area contributed by atoms with Gasteiger partial charge in [-0.1, -0.05) is 33.3 Å². The Hall–Kier alpha value is -1.75. The quantitative estimate of drug-likeness (QED) is 0.568. The number of hydrogen-bond donors (Lipinski definition) is 0. The van der Waals surface area contributed by atoms with Crippen LogP contribution in [0.3, 0.4) is 0 Å². The van der Waals surface area contributed by atoms with Crippen LogP contribution in [0.5, 0.6) is 11.5 Å². The first-order chi connectivity index (χ1) is 10.8. The molecule has 0 unspecified atom stereocenters. The minimum absolute atomic E-state index is 0.126. The molecule has 5 heteroatoms. The van der Waals surface area contributed by atoms with Crippen molar-refractivity contribution in [1.29, 1.82) is 0 Å². The van der Waals surface area contributed by atoms with Gasteiger partial charge in [-0.15, -0.1) is 0 Å². The summed E-state index contributed by atoms with van der Waals surface area (Å²) in [5.41, 5.74) is 1.83. The van der Waals surface area contributed by atoms with Gasteiger partial charge in [0, 0.05) is 10.8 Å². The molecule has 1 rings (SSSR count). The van der Waals surface area contributed by atoms with Crippen LogP contribution >= 0.6 is 0 Å². The van der Waals surface area contributed by atoms with Crippen LogP contribution in [-0.4, -0.2) is 30.0 Å². The van der Waals surface area contributed by atoms with Gasteiger partial charge >= 0.3 is 15.7 Å². The van der Waals surface area contributed by atoms with Crippen molar-refractivity contribution in [3.05, 3.63) is 29.3 Å². The van der Waals surface area contributed by atoms with Crippen molar-refractivity contribution < 1.29 is 18.7 Å². The van der Waals surface area contributed by atoms with Gasteiger partial charge in [0.05, 0.1) is 14.2 Å². The first-order valence-electron chi connectivity index (χ1n) is 7.71. The second kappa shape index (κ2) is 8.77. The summed E-state index contributed by atoms with van der Waals surface area (Å²) in [5, 5.41) is 0.809. The third kappa shape index (κ3) is 5.13. The van der Waals surface area contributed by atoms with Crippen molar-refractivity contribution in [3.63, 3.8) is 0 Å². The van der Waals surface area contributed by atoms with Crippen molar-refractivity contribution in [2.45, 2.75) is 34.6 Å². The van der Waals surface area contributed by atoms with E-state index in [1.165, 1.54) is 0 Å². The minimum atomic E-state index is -0.273. The largest absolute Gasteiger partial charge is 0.508 e. The molecule has 23 heavy (non-hydrogen) atoms. The lowest BCUT2D eigenvalue weighted by atomic mass is 9.88. The summed E-state index contributed by atoms with van der Waals surface area (Å²) >= 11 is 0. The molecule has 0 heterocycles. The van der Waals surface area contributed by atoms with E-state index in [2.05, 4.69) is 27.7 Å². The average Bonchev–Trinajstić information content (AvgIpc) is 2.51. The van der Waals surface area contributed by atoms with Crippen molar-refractivity contribution in [2.75, 3.05) is 14.2 Å². The van der Waals surface area contributed by atoms with Crippen LogP contribution in [0, 0.1) is 11.8 Å². The lowest BCUT2D eigenvalue weighted by molar-refractivity contribution is -0.130. The van der Waals surface area contributed by atoms with E-state index in [9.17, 15) is 4.79 Å². The highest BCUT2D eigenvalue weighted by Crippen LogP contribution is 2.24. The number of carbonyl (C=O) groups excluding carboxylic acids is 1. The Morgan fingerprint density at radius 3 is 2.13 bits per heavy atom. The van der Waals surface area contributed by atoms with E-state index in [0.29, 0.717) is 28.9 Å². The minimum Gasteiger partial charge on any atom is -0.508 e. The van der Waals surface area contributed by atoms with Gasteiger partial charge in [0.2, 0.25) is 0 Å². The van der Waals surface area contributed by atoms with Gasteiger partial charge < -0.3 is 13.9 Å². The molecule has 0 atom stereocenters. The third-order valence-electron chi connectivity index (χ3n) is 3.64. The van der Waals surface area contributed by atoms with Crippen molar-refractivity contribution >= 4 is 20.9 Å². The van der Waals surface area contributed by atoms with Gasteiger partial charge in [0.15, 0.2) is 0 Å². The van der Waals surface area contributed by atoms with E-state index in [4.69, 9.17) is 13.9 Å². The molecular formula is C18H26O4Si. The third-order valence-corrected chi connectivity index (χ3v) is 4.54. The van der Waals surface area contributed by atoms with E-state index >= 15 is 0 Å². The summed E-state index contributed by atoms with van der Waals surface area (Å²) in [6.07, 6.45) is 0. The molecule has 2 radical (unpaired) electrons. The molecular weight excluding hydrogens is 308 g/mol. The predicted octanol–water partition coefficient (Wildman–Crippen LogP) is 3.12. The summed E-state index contributed by atoms with van der Waals surface area (Å²) in [4.78, 5) is 12.4. The van der Waals surface area contributed by atoms with Crippen LogP contribution in [0.25, 0.3) is 0 Å². The molecule has 0 aliphatic carbocycles. The first-order valence-corrected chi connectivity index (χ1v) is 8.62. The van der Waals surface area contributed by atoms with Gasteiger partial charge in [-0.05, 0) is 37.0 Å². The summed E-state index contributed by atoms with van der Waals surface area (Å²) in [6, 6.07) is 5.45. The molecule has 0 aromatic heterocycles. The highest BCUT2D eigenvalue weighted by molar-refractivity contribution is 6.50. The summed E-state index contributed by atoms with van der Waals surface area (Å²) in [6.45, 7) is 10.2. The molecule has 0 saturated carbocycles. The Balaban J connectivity index is 2.93. The number of allylic oxidation sites excluding steroid dienone is 1. The number of benzene rings is 1. The van der Waals surface area contributed by atoms with Crippen LogP contribution in [0.1, 0.15) is 34.6 Å². The Morgan fingerprint density at radius 1 is 1.04 bits per heavy atom. The monoisotopic (exact) mass is 334 g/mol. The van der Waals surface area contributed by atoms with Crippen LogP contribution < -0.4 is 14.7 Å².